The van der Waals surface area contributed by atoms with Gasteiger partial charge >= 0.3 is 0 Å². The smallest absolute Gasteiger partial charge is 0.191 e. The first-order chi connectivity index (χ1) is 14.2. The summed E-state index contributed by atoms with van der Waals surface area (Å²) in [5.74, 6) is -0.803. The second-order valence-corrected chi connectivity index (χ2v) is 9.69. The van der Waals surface area contributed by atoms with Crippen molar-refractivity contribution < 1.29 is 8.78 Å². The molecule has 0 bridgehead atoms. The lowest BCUT2D eigenvalue weighted by atomic mass is 9.93. The van der Waals surface area contributed by atoms with Crippen molar-refractivity contribution in [3.05, 3.63) is 51.5 Å². The Balaban J connectivity index is 1.44. The third kappa shape index (κ3) is 6.22. The minimum Gasteiger partial charge on any atom is -0.354 e. The maximum Gasteiger partial charge on any atom is 0.191 e. The van der Waals surface area contributed by atoms with Crippen LogP contribution in [0.1, 0.15) is 49.9 Å². The van der Waals surface area contributed by atoms with E-state index in [1.165, 1.54) is 12.1 Å². The van der Waals surface area contributed by atoms with E-state index in [0.717, 1.165) is 48.2 Å². The lowest BCUT2D eigenvalue weighted by Crippen LogP contribution is -2.48. The molecule has 3 rings (SSSR count). The molecule has 0 spiro atoms. The Hall–Kier alpha value is -2.06. The fourth-order valence-electron chi connectivity index (χ4n) is 3.42. The Kier molecular flexibility index (Phi) is 7.41. The molecule has 1 aliphatic rings. The summed E-state index contributed by atoms with van der Waals surface area (Å²) < 4.78 is 26.5. The number of nitrogens with one attached hydrogen (secondary N) is 2. The van der Waals surface area contributed by atoms with Crippen LogP contribution in [-0.4, -0.2) is 42.0 Å². The van der Waals surface area contributed by atoms with Crippen LogP contribution in [0.4, 0.5) is 8.78 Å². The second kappa shape index (κ2) is 9.83. The van der Waals surface area contributed by atoms with Crippen LogP contribution in [0, 0.1) is 11.6 Å². The summed E-state index contributed by atoms with van der Waals surface area (Å²) >= 11 is 1.66. The number of rotatable bonds is 5. The number of thiazole rings is 1. The molecule has 164 valence electrons. The van der Waals surface area contributed by atoms with Crippen LogP contribution >= 0.6 is 11.3 Å². The molecule has 1 aliphatic heterocycles. The van der Waals surface area contributed by atoms with Gasteiger partial charge in [0.05, 0.1) is 12.2 Å². The van der Waals surface area contributed by atoms with Gasteiger partial charge < -0.3 is 10.6 Å². The third-order valence-electron chi connectivity index (χ3n) is 5.27. The molecule has 0 unspecified atom stereocenters. The zero-order valence-corrected chi connectivity index (χ0v) is 19.0. The van der Waals surface area contributed by atoms with E-state index >= 15 is 0 Å². The Morgan fingerprint density at radius 3 is 2.57 bits per heavy atom. The molecule has 30 heavy (non-hydrogen) atoms. The van der Waals surface area contributed by atoms with Crippen molar-refractivity contribution in [3.63, 3.8) is 0 Å². The number of piperidine rings is 1. The van der Waals surface area contributed by atoms with Crippen LogP contribution < -0.4 is 10.6 Å². The molecule has 0 amide bonds. The van der Waals surface area contributed by atoms with Crippen molar-refractivity contribution in [1.29, 1.82) is 0 Å². The number of guanidine groups is 1. The van der Waals surface area contributed by atoms with Crippen LogP contribution in [0.3, 0.4) is 0 Å². The van der Waals surface area contributed by atoms with Gasteiger partial charge in [0.15, 0.2) is 17.6 Å². The SMILES string of the molecule is CN=C(NCc1nc(C(C)(C)C)cs1)NC1CCN(Cc2ccc(F)c(F)c2)CC1. The predicted octanol–water partition coefficient (Wildman–Crippen LogP) is 4.05. The molecule has 0 atom stereocenters. The van der Waals surface area contributed by atoms with E-state index in [1.54, 1.807) is 24.5 Å². The first-order valence-electron chi connectivity index (χ1n) is 10.3. The molecule has 2 N–H and O–H groups in total. The number of likely N-dealkylation sites (tertiary alicyclic amines) is 1. The average Bonchev–Trinajstić information content (AvgIpc) is 3.19. The third-order valence-corrected chi connectivity index (χ3v) is 6.12. The van der Waals surface area contributed by atoms with E-state index in [9.17, 15) is 8.78 Å². The number of halogens is 2. The van der Waals surface area contributed by atoms with Gasteiger partial charge in [0, 0.05) is 43.5 Å². The molecule has 1 fully saturated rings. The van der Waals surface area contributed by atoms with E-state index in [1.807, 2.05) is 0 Å². The second-order valence-electron chi connectivity index (χ2n) is 8.75. The van der Waals surface area contributed by atoms with Gasteiger partial charge in [0.1, 0.15) is 5.01 Å². The number of hydrogen-bond acceptors (Lipinski definition) is 4. The maximum absolute atomic E-state index is 13.4. The van der Waals surface area contributed by atoms with E-state index < -0.39 is 11.6 Å². The van der Waals surface area contributed by atoms with Crippen LogP contribution in [0.5, 0.6) is 0 Å². The predicted molar refractivity (Wildman–Crippen MR) is 119 cm³/mol. The maximum atomic E-state index is 13.4. The Bertz CT molecular complexity index is 867. The zero-order valence-electron chi connectivity index (χ0n) is 18.1. The molecule has 0 aliphatic carbocycles. The standard InChI is InChI=1S/C22H31F2N5S/c1-22(2,3)19-14-30-20(28-19)12-26-21(25-4)27-16-7-9-29(10-8-16)13-15-5-6-17(23)18(24)11-15/h5-6,11,14,16H,7-10,12-13H2,1-4H3,(H2,25,26,27). The van der Waals surface area contributed by atoms with Gasteiger partial charge in [0.25, 0.3) is 0 Å². The van der Waals surface area contributed by atoms with Crippen molar-refractivity contribution in [1.82, 2.24) is 20.5 Å². The number of benzene rings is 1. The molecule has 2 aromatic rings. The number of aliphatic imine (C=N–C) groups is 1. The fourth-order valence-corrected chi connectivity index (χ4v) is 4.38. The Morgan fingerprint density at radius 1 is 1.23 bits per heavy atom. The lowest BCUT2D eigenvalue weighted by molar-refractivity contribution is 0.198. The molecule has 0 radical (unpaired) electrons. The monoisotopic (exact) mass is 435 g/mol. The van der Waals surface area contributed by atoms with Crippen molar-refractivity contribution in [2.24, 2.45) is 4.99 Å². The van der Waals surface area contributed by atoms with E-state index in [2.05, 4.69) is 46.7 Å². The quantitative estimate of drug-likeness (QED) is 0.550. The normalized spacial score (nSPS) is 16.7. The minimum absolute atomic E-state index is 0.0579. The number of hydrogen-bond donors (Lipinski definition) is 2. The minimum atomic E-state index is -0.798. The van der Waals surface area contributed by atoms with Gasteiger partial charge in [-0.2, -0.15) is 0 Å². The summed E-state index contributed by atoms with van der Waals surface area (Å²) in [6.45, 7) is 9.58. The summed E-state index contributed by atoms with van der Waals surface area (Å²) in [6.07, 6.45) is 1.94. The van der Waals surface area contributed by atoms with E-state index in [-0.39, 0.29) is 5.41 Å². The molecule has 1 aromatic carbocycles. The highest BCUT2D eigenvalue weighted by atomic mass is 32.1. The van der Waals surface area contributed by atoms with Crippen LogP contribution in [0.2, 0.25) is 0 Å². The first kappa shape index (κ1) is 22.6. The van der Waals surface area contributed by atoms with Gasteiger partial charge in [-0.05, 0) is 30.5 Å². The van der Waals surface area contributed by atoms with Gasteiger partial charge in [0.2, 0.25) is 0 Å². The summed E-state index contributed by atoms with van der Waals surface area (Å²) in [7, 11) is 1.77. The molecule has 1 aromatic heterocycles. The van der Waals surface area contributed by atoms with Gasteiger partial charge in [-0.1, -0.05) is 26.8 Å². The highest BCUT2D eigenvalue weighted by Gasteiger charge is 2.21. The zero-order chi connectivity index (χ0) is 21.7. The fraction of sp³-hybridized carbons (Fsp3) is 0.545. The molecule has 8 heteroatoms. The topological polar surface area (TPSA) is 52.6 Å². The summed E-state index contributed by atoms with van der Waals surface area (Å²) in [6, 6.07) is 4.47. The molecular weight excluding hydrogens is 404 g/mol. The summed E-state index contributed by atoms with van der Waals surface area (Å²) in [4.78, 5) is 11.3. The number of nitrogens with zero attached hydrogens (tertiary/aromatic N) is 3. The Labute approximate surface area is 181 Å². The molecule has 5 nitrogen and oxygen atoms in total. The molecular formula is C22H31F2N5S. The van der Waals surface area contributed by atoms with Crippen LogP contribution in [-0.2, 0) is 18.5 Å². The van der Waals surface area contributed by atoms with Crippen molar-refractivity contribution >= 4 is 17.3 Å². The summed E-state index contributed by atoms with van der Waals surface area (Å²) in [5.41, 5.74) is 1.97. The molecule has 1 saturated heterocycles. The van der Waals surface area contributed by atoms with Gasteiger partial charge in [-0.15, -0.1) is 11.3 Å². The van der Waals surface area contributed by atoms with Gasteiger partial charge in [-0.3, -0.25) is 9.89 Å². The van der Waals surface area contributed by atoms with Crippen molar-refractivity contribution in [2.45, 2.75) is 58.2 Å². The van der Waals surface area contributed by atoms with Crippen LogP contribution in [0.25, 0.3) is 0 Å². The van der Waals surface area contributed by atoms with Crippen molar-refractivity contribution in [2.75, 3.05) is 20.1 Å². The molecule has 0 saturated carbocycles. The average molecular weight is 436 g/mol. The highest BCUT2D eigenvalue weighted by Crippen LogP contribution is 2.23. The van der Waals surface area contributed by atoms with E-state index in [4.69, 9.17) is 4.98 Å². The first-order valence-corrected chi connectivity index (χ1v) is 11.2. The lowest BCUT2D eigenvalue weighted by Gasteiger charge is -2.33. The van der Waals surface area contributed by atoms with Crippen molar-refractivity contribution in [3.8, 4) is 0 Å². The molecule has 2 heterocycles. The van der Waals surface area contributed by atoms with Gasteiger partial charge in [-0.25, -0.2) is 13.8 Å². The van der Waals surface area contributed by atoms with Crippen LogP contribution in [0.15, 0.2) is 28.6 Å². The summed E-state index contributed by atoms with van der Waals surface area (Å²) in [5, 5.41) is 10.0. The largest absolute Gasteiger partial charge is 0.354 e. The number of aromatic nitrogens is 1. The van der Waals surface area contributed by atoms with E-state index in [0.29, 0.717) is 19.1 Å². The Morgan fingerprint density at radius 2 is 1.97 bits per heavy atom. The highest BCUT2D eigenvalue weighted by molar-refractivity contribution is 7.09.